The van der Waals surface area contributed by atoms with Gasteiger partial charge in [-0.25, -0.2) is 4.79 Å². The topological polar surface area (TPSA) is 150 Å². The van der Waals surface area contributed by atoms with Crippen molar-refractivity contribution in [3.8, 4) is 17.1 Å². The van der Waals surface area contributed by atoms with Crippen LogP contribution in [0.25, 0.3) is 11.3 Å². The van der Waals surface area contributed by atoms with E-state index >= 15 is 0 Å². The second-order valence-corrected chi connectivity index (χ2v) is 4.46. The molecule has 3 rings (SSSR count). The van der Waals surface area contributed by atoms with Gasteiger partial charge in [0.25, 0.3) is 5.78 Å². The molecule has 9 heteroatoms. The molecule has 0 bridgehead atoms. The Kier molecular flexibility index (Phi) is 2.92. The minimum absolute atomic E-state index is 0.00297. The summed E-state index contributed by atoms with van der Waals surface area (Å²) in [6, 6.07) is 2.01. The number of H-pyrrole nitrogens is 2. The van der Waals surface area contributed by atoms with Gasteiger partial charge in [0.2, 0.25) is 5.78 Å². The van der Waals surface area contributed by atoms with Crippen LogP contribution < -0.4 is 10.2 Å². The molecule has 0 spiro atoms. The molecular weight excluding hydrogens is 296 g/mol. The average Bonchev–Trinajstić information content (AvgIpc) is 2.88. The first-order chi connectivity index (χ1) is 10.4. The fourth-order valence-corrected chi connectivity index (χ4v) is 2.28. The van der Waals surface area contributed by atoms with Gasteiger partial charge in [-0.05, 0) is 0 Å². The van der Waals surface area contributed by atoms with Crippen molar-refractivity contribution in [2.75, 3.05) is 6.79 Å². The molecule has 0 unspecified atom stereocenters. The summed E-state index contributed by atoms with van der Waals surface area (Å²) >= 11 is 0. The van der Waals surface area contributed by atoms with Crippen molar-refractivity contribution in [1.82, 2.24) is 9.97 Å². The van der Waals surface area contributed by atoms with Gasteiger partial charge in [0, 0.05) is 12.1 Å². The van der Waals surface area contributed by atoms with Crippen LogP contribution in [0, 0.1) is 0 Å². The van der Waals surface area contributed by atoms with Gasteiger partial charge in [-0.15, -0.1) is 0 Å². The van der Waals surface area contributed by atoms with Gasteiger partial charge in [-0.3, -0.25) is 14.4 Å². The molecule has 1 aliphatic carbocycles. The van der Waals surface area contributed by atoms with Crippen molar-refractivity contribution >= 4 is 17.5 Å². The summed E-state index contributed by atoms with van der Waals surface area (Å²) in [5, 5.41) is 17.6. The number of aromatic nitrogens is 2. The van der Waals surface area contributed by atoms with E-state index in [1.54, 1.807) is 0 Å². The van der Waals surface area contributed by atoms with E-state index < -0.39 is 35.5 Å². The third-order valence-corrected chi connectivity index (χ3v) is 3.20. The number of carbonyl (C=O) groups is 3. The summed E-state index contributed by atoms with van der Waals surface area (Å²) in [4.78, 5) is 52.0. The van der Waals surface area contributed by atoms with E-state index in [9.17, 15) is 19.2 Å². The highest BCUT2D eigenvalue weighted by atomic mass is 16.6. The van der Waals surface area contributed by atoms with Gasteiger partial charge in [0.15, 0.2) is 18.1 Å². The van der Waals surface area contributed by atoms with Gasteiger partial charge in [-0.2, -0.15) is 0 Å². The van der Waals surface area contributed by atoms with Crippen molar-refractivity contribution < 1.29 is 29.3 Å². The summed E-state index contributed by atoms with van der Waals surface area (Å²) in [5.74, 6) is -3.35. The molecule has 0 aromatic carbocycles. The zero-order chi connectivity index (χ0) is 16.0. The van der Waals surface area contributed by atoms with Crippen molar-refractivity contribution in [1.29, 1.82) is 0 Å². The lowest BCUT2D eigenvalue weighted by molar-refractivity contribution is 0.0689. The smallest absolute Gasteiger partial charge is 0.352 e. The van der Waals surface area contributed by atoms with E-state index in [0.717, 1.165) is 6.07 Å². The van der Waals surface area contributed by atoms with Crippen LogP contribution in [-0.4, -0.2) is 44.5 Å². The van der Waals surface area contributed by atoms with Crippen LogP contribution >= 0.6 is 0 Å². The Morgan fingerprint density at radius 2 is 1.82 bits per heavy atom. The van der Waals surface area contributed by atoms with Crippen molar-refractivity contribution in [2.24, 2.45) is 0 Å². The van der Waals surface area contributed by atoms with Crippen LogP contribution in [0.4, 0.5) is 0 Å². The fraction of sp³-hybridized carbons (Fsp3) is 0.0769. The van der Waals surface area contributed by atoms with Crippen LogP contribution in [-0.2, 0) is 0 Å². The molecule has 2 aromatic heterocycles. The molecule has 0 saturated heterocycles. The number of nitrogens with one attached hydrogen (secondary N) is 2. The lowest BCUT2D eigenvalue weighted by Gasteiger charge is -2.13. The van der Waals surface area contributed by atoms with Gasteiger partial charge in [-0.1, -0.05) is 0 Å². The number of fused-ring (bicyclic) bond motifs is 3. The van der Waals surface area contributed by atoms with Crippen LogP contribution in [0.2, 0.25) is 0 Å². The number of carbonyl (C=O) groups excluding carboxylic acids is 2. The molecule has 2 aromatic rings. The molecular formula is C13H8N2O7. The summed E-state index contributed by atoms with van der Waals surface area (Å²) < 4.78 is 4.79. The SMILES string of the molecule is O=C(O)c1cc(=O)c2c([nH]1)C(=O)C(=O)c1cc(OCO)[nH]c1-2. The number of aromatic amines is 2. The second kappa shape index (κ2) is 4.67. The Bertz CT molecular complexity index is 890. The number of hydrogen-bond donors (Lipinski definition) is 4. The largest absolute Gasteiger partial charge is 0.477 e. The molecule has 1 aliphatic rings. The predicted octanol–water partition coefficient (Wildman–Crippen LogP) is -0.224. The van der Waals surface area contributed by atoms with Crippen molar-refractivity contribution in [3.63, 3.8) is 0 Å². The van der Waals surface area contributed by atoms with E-state index in [-0.39, 0.29) is 28.4 Å². The summed E-state index contributed by atoms with van der Waals surface area (Å²) in [5.41, 5.74) is -1.79. The summed E-state index contributed by atoms with van der Waals surface area (Å²) in [6.07, 6.45) is 0. The first-order valence-electron chi connectivity index (χ1n) is 6.00. The van der Waals surface area contributed by atoms with E-state index in [1.807, 2.05) is 0 Å². The van der Waals surface area contributed by atoms with E-state index in [1.165, 1.54) is 6.07 Å². The van der Waals surface area contributed by atoms with E-state index in [4.69, 9.17) is 14.9 Å². The average molecular weight is 304 g/mol. The molecule has 4 N–H and O–H groups in total. The van der Waals surface area contributed by atoms with Crippen LogP contribution in [0.1, 0.15) is 31.3 Å². The maximum atomic E-state index is 12.1. The number of hydrogen-bond acceptors (Lipinski definition) is 6. The highest BCUT2D eigenvalue weighted by molar-refractivity contribution is 6.52. The number of aromatic carboxylic acids is 1. The number of Topliss-reactive ketones (excluding diaryl/α,β-unsaturated/α-hetero) is 2. The van der Waals surface area contributed by atoms with Gasteiger partial charge in [0.05, 0.1) is 16.8 Å². The van der Waals surface area contributed by atoms with E-state index in [2.05, 4.69) is 9.97 Å². The van der Waals surface area contributed by atoms with Gasteiger partial charge in [0.1, 0.15) is 11.4 Å². The number of carboxylic acid groups (broad SMARTS) is 1. The van der Waals surface area contributed by atoms with Crippen molar-refractivity contribution in [3.05, 3.63) is 39.3 Å². The van der Waals surface area contributed by atoms with Crippen LogP contribution in [0.15, 0.2) is 16.9 Å². The molecule has 0 amide bonds. The first-order valence-corrected chi connectivity index (χ1v) is 6.00. The maximum Gasteiger partial charge on any atom is 0.352 e. The lowest BCUT2D eigenvalue weighted by Crippen LogP contribution is -2.27. The predicted molar refractivity (Wildman–Crippen MR) is 70.2 cm³/mol. The zero-order valence-electron chi connectivity index (χ0n) is 10.8. The third kappa shape index (κ3) is 1.84. The number of aliphatic hydroxyl groups excluding tert-OH is 1. The number of ketones is 2. The van der Waals surface area contributed by atoms with Gasteiger partial charge < -0.3 is 24.9 Å². The quantitative estimate of drug-likeness (QED) is 0.452. The highest BCUT2D eigenvalue weighted by Gasteiger charge is 2.35. The fourth-order valence-electron chi connectivity index (χ4n) is 2.28. The van der Waals surface area contributed by atoms with E-state index in [0.29, 0.717) is 0 Å². The monoisotopic (exact) mass is 304 g/mol. The number of carboxylic acids is 1. The molecule has 112 valence electrons. The number of ether oxygens (including phenoxy) is 1. The first kappa shape index (κ1) is 13.8. The molecule has 0 radical (unpaired) electrons. The second-order valence-electron chi connectivity index (χ2n) is 4.46. The summed E-state index contributed by atoms with van der Waals surface area (Å²) in [7, 11) is 0. The number of pyridine rings is 1. The maximum absolute atomic E-state index is 12.1. The molecule has 22 heavy (non-hydrogen) atoms. The van der Waals surface area contributed by atoms with Crippen molar-refractivity contribution in [2.45, 2.75) is 0 Å². The molecule has 0 atom stereocenters. The standard InChI is InChI=1S/C13H8N2O7/c16-3-22-7-1-4-9(15-7)8-6(17)2-5(13(20)21)14-10(8)12(19)11(4)18/h1-2,15-16H,3H2,(H,14,17)(H,20,21). The Morgan fingerprint density at radius 1 is 1.09 bits per heavy atom. The molecule has 0 saturated carbocycles. The Labute approximate surface area is 121 Å². The van der Waals surface area contributed by atoms with Crippen LogP contribution in [0.5, 0.6) is 5.88 Å². The normalized spacial score (nSPS) is 12.8. The summed E-state index contributed by atoms with van der Waals surface area (Å²) in [6.45, 7) is -0.664. The number of rotatable bonds is 3. The minimum Gasteiger partial charge on any atom is -0.477 e. The Balaban J connectivity index is 2.32. The molecule has 2 heterocycles. The Morgan fingerprint density at radius 3 is 2.45 bits per heavy atom. The highest BCUT2D eigenvalue weighted by Crippen LogP contribution is 2.32. The molecule has 0 aliphatic heterocycles. The van der Waals surface area contributed by atoms with Crippen LogP contribution in [0.3, 0.4) is 0 Å². The number of aliphatic hydroxyl groups is 1. The Hall–Kier alpha value is -3.20. The molecule has 9 nitrogen and oxygen atoms in total. The lowest BCUT2D eigenvalue weighted by atomic mass is 9.91. The molecule has 0 fully saturated rings. The third-order valence-electron chi connectivity index (χ3n) is 3.20. The minimum atomic E-state index is -1.43. The van der Waals surface area contributed by atoms with Gasteiger partial charge >= 0.3 is 5.97 Å². The zero-order valence-corrected chi connectivity index (χ0v) is 10.8.